The van der Waals surface area contributed by atoms with Crippen LogP contribution in [0.25, 0.3) is 10.9 Å². The van der Waals surface area contributed by atoms with Gasteiger partial charge in [0, 0.05) is 13.1 Å². The third kappa shape index (κ3) is 3.49. The fourth-order valence-electron chi connectivity index (χ4n) is 4.01. The second-order valence-corrected chi connectivity index (χ2v) is 7.31. The number of fused-ring (bicyclic) bond motifs is 1. The van der Waals surface area contributed by atoms with E-state index in [1.807, 2.05) is 17.0 Å². The Morgan fingerprint density at radius 1 is 1.04 bits per heavy atom. The SMILES string of the molecule is O=C(CN1CCCCC1)N1CCC(n2nnc3ccccc3c2=O)CC1. The summed E-state index contributed by atoms with van der Waals surface area (Å²) in [4.78, 5) is 29.4. The van der Waals surface area contributed by atoms with Gasteiger partial charge in [0.1, 0.15) is 5.52 Å². The number of benzene rings is 1. The molecule has 7 heteroatoms. The van der Waals surface area contributed by atoms with Crippen molar-refractivity contribution in [3.8, 4) is 0 Å². The number of nitrogens with zero attached hydrogens (tertiary/aromatic N) is 5. The van der Waals surface area contributed by atoms with Crippen molar-refractivity contribution in [2.24, 2.45) is 0 Å². The van der Waals surface area contributed by atoms with E-state index in [0.29, 0.717) is 30.5 Å². The van der Waals surface area contributed by atoms with Crippen LogP contribution in [0.2, 0.25) is 0 Å². The highest BCUT2D eigenvalue weighted by Crippen LogP contribution is 2.21. The summed E-state index contributed by atoms with van der Waals surface area (Å²) in [5.74, 6) is 0.210. The molecule has 2 aromatic rings. The first-order valence-electron chi connectivity index (χ1n) is 9.57. The Morgan fingerprint density at radius 3 is 2.54 bits per heavy atom. The summed E-state index contributed by atoms with van der Waals surface area (Å²) >= 11 is 0. The third-order valence-electron chi connectivity index (χ3n) is 5.56. The average molecular weight is 355 g/mol. The second-order valence-electron chi connectivity index (χ2n) is 7.31. The maximum absolute atomic E-state index is 12.7. The highest BCUT2D eigenvalue weighted by Gasteiger charge is 2.26. The number of hydrogen-bond acceptors (Lipinski definition) is 5. The van der Waals surface area contributed by atoms with Crippen LogP contribution in [0.15, 0.2) is 29.1 Å². The highest BCUT2D eigenvalue weighted by molar-refractivity contribution is 5.78. The maximum atomic E-state index is 12.7. The zero-order valence-electron chi connectivity index (χ0n) is 15.0. The normalized spacial score (nSPS) is 19.8. The molecular weight excluding hydrogens is 330 g/mol. The molecule has 2 fully saturated rings. The lowest BCUT2D eigenvalue weighted by atomic mass is 10.0. The van der Waals surface area contributed by atoms with E-state index in [4.69, 9.17) is 0 Å². The van der Waals surface area contributed by atoms with Crippen LogP contribution in [-0.4, -0.2) is 63.4 Å². The minimum Gasteiger partial charge on any atom is -0.341 e. The Kier molecular flexibility index (Phi) is 4.97. The van der Waals surface area contributed by atoms with E-state index in [1.165, 1.54) is 23.9 Å². The molecule has 138 valence electrons. The molecule has 0 bridgehead atoms. The van der Waals surface area contributed by atoms with Crippen LogP contribution in [0.5, 0.6) is 0 Å². The van der Waals surface area contributed by atoms with E-state index in [0.717, 1.165) is 25.9 Å². The van der Waals surface area contributed by atoms with Gasteiger partial charge in [-0.15, -0.1) is 5.10 Å². The highest BCUT2D eigenvalue weighted by atomic mass is 16.2. The number of likely N-dealkylation sites (tertiary alicyclic amines) is 2. The van der Waals surface area contributed by atoms with Crippen LogP contribution in [0.4, 0.5) is 0 Å². The minimum absolute atomic E-state index is 0.0126. The molecular formula is C19H25N5O2. The zero-order valence-corrected chi connectivity index (χ0v) is 15.0. The van der Waals surface area contributed by atoms with Gasteiger partial charge in [-0.25, -0.2) is 4.68 Å². The Labute approximate surface area is 152 Å². The van der Waals surface area contributed by atoms with Crippen LogP contribution in [0, 0.1) is 0 Å². The molecule has 7 nitrogen and oxygen atoms in total. The molecule has 0 N–H and O–H groups in total. The van der Waals surface area contributed by atoms with Crippen molar-refractivity contribution in [1.82, 2.24) is 24.8 Å². The van der Waals surface area contributed by atoms with Crippen molar-refractivity contribution >= 4 is 16.8 Å². The van der Waals surface area contributed by atoms with Gasteiger partial charge < -0.3 is 4.90 Å². The topological polar surface area (TPSA) is 71.3 Å². The van der Waals surface area contributed by atoms with Gasteiger partial charge >= 0.3 is 0 Å². The average Bonchev–Trinajstić information content (AvgIpc) is 2.69. The first kappa shape index (κ1) is 17.1. The van der Waals surface area contributed by atoms with E-state index in [1.54, 1.807) is 12.1 Å². The second kappa shape index (κ2) is 7.53. The molecule has 1 aromatic heterocycles. The summed E-state index contributed by atoms with van der Waals surface area (Å²) in [6.45, 7) is 3.95. The van der Waals surface area contributed by atoms with Crippen LogP contribution < -0.4 is 5.56 Å². The Balaban J connectivity index is 1.40. The fourth-order valence-corrected chi connectivity index (χ4v) is 4.01. The molecule has 3 heterocycles. The molecule has 0 atom stereocenters. The summed E-state index contributed by atoms with van der Waals surface area (Å²) in [5.41, 5.74) is 0.539. The predicted molar refractivity (Wildman–Crippen MR) is 98.9 cm³/mol. The standard InChI is InChI=1S/C19H25N5O2/c25-18(14-22-10-4-1-5-11-22)23-12-8-15(9-13-23)24-19(26)16-6-2-3-7-17(16)20-21-24/h2-3,6-7,15H,1,4-5,8-14H2. The molecule has 0 spiro atoms. The summed E-state index contributed by atoms with van der Waals surface area (Å²) in [5, 5.41) is 8.91. The molecule has 0 radical (unpaired) electrons. The van der Waals surface area contributed by atoms with E-state index in [9.17, 15) is 9.59 Å². The molecule has 2 saturated heterocycles. The summed E-state index contributed by atoms with van der Waals surface area (Å²) in [7, 11) is 0. The lowest BCUT2D eigenvalue weighted by Crippen LogP contribution is -2.46. The number of carbonyl (C=O) groups excluding carboxylic acids is 1. The number of carbonyl (C=O) groups is 1. The number of rotatable bonds is 3. The molecule has 0 saturated carbocycles. The van der Waals surface area contributed by atoms with Gasteiger partial charge in [0.05, 0.1) is 18.0 Å². The largest absolute Gasteiger partial charge is 0.341 e. The Bertz CT molecular complexity index is 835. The molecule has 26 heavy (non-hydrogen) atoms. The molecule has 2 aliphatic heterocycles. The molecule has 1 aromatic carbocycles. The van der Waals surface area contributed by atoms with Gasteiger partial charge in [0.2, 0.25) is 5.91 Å². The lowest BCUT2D eigenvalue weighted by Gasteiger charge is -2.34. The van der Waals surface area contributed by atoms with E-state index >= 15 is 0 Å². The van der Waals surface area contributed by atoms with Crippen molar-refractivity contribution in [2.75, 3.05) is 32.7 Å². The minimum atomic E-state index is -0.0892. The van der Waals surface area contributed by atoms with Crippen LogP contribution in [0.3, 0.4) is 0 Å². The Morgan fingerprint density at radius 2 is 1.77 bits per heavy atom. The van der Waals surface area contributed by atoms with E-state index in [-0.39, 0.29) is 17.5 Å². The van der Waals surface area contributed by atoms with Crippen molar-refractivity contribution in [2.45, 2.75) is 38.1 Å². The molecule has 0 aliphatic carbocycles. The summed E-state index contributed by atoms with van der Waals surface area (Å²) < 4.78 is 1.51. The molecule has 1 amide bonds. The van der Waals surface area contributed by atoms with Crippen molar-refractivity contribution in [3.63, 3.8) is 0 Å². The third-order valence-corrected chi connectivity index (χ3v) is 5.56. The molecule has 2 aliphatic rings. The maximum Gasteiger partial charge on any atom is 0.277 e. The smallest absolute Gasteiger partial charge is 0.277 e. The molecule has 0 unspecified atom stereocenters. The fraction of sp³-hybridized carbons (Fsp3) is 0.579. The van der Waals surface area contributed by atoms with Crippen molar-refractivity contribution in [3.05, 3.63) is 34.6 Å². The number of hydrogen-bond donors (Lipinski definition) is 0. The van der Waals surface area contributed by atoms with Crippen molar-refractivity contribution in [1.29, 1.82) is 0 Å². The van der Waals surface area contributed by atoms with Crippen LogP contribution in [-0.2, 0) is 4.79 Å². The first-order valence-corrected chi connectivity index (χ1v) is 9.57. The number of amides is 1. The first-order chi connectivity index (χ1) is 12.7. The summed E-state index contributed by atoms with van der Waals surface area (Å²) in [6.07, 6.45) is 5.16. The van der Waals surface area contributed by atoms with Gasteiger partial charge in [-0.2, -0.15) is 0 Å². The lowest BCUT2D eigenvalue weighted by molar-refractivity contribution is -0.134. The van der Waals surface area contributed by atoms with Crippen molar-refractivity contribution < 1.29 is 4.79 Å². The van der Waals surface area contributed by atoms with Crippen LogP contribution >= 0.6 is 0 Å². The van der Waals surface area contributed by atoms with E-state index in [2.05, 4.69) is 15.2 Å². The van der Waals surface area contributed by atoms with Gasteiger partial charge in [-0.3, -0.25) is 14.5 Å². The monoisotopic (exact) mass is 355 g/mol. The van der Waals surface area contributed by atoms with Gasteiger partial charge in [-0.05, 0) is 50.9 Å². The van der Waals surface area contributed by atoms with Gasteiger partial charge in [-0.1, -0.05) is 23.8 Å². The zero-order chi connectivity index (χ0) is 17.9. The van der Waals surface area contributed by atoms with Gasteiger partial charge in [0.25, 0.3) is 5.56 Å². The van der Waals surface area contributed by atoms with E-state index < -0.39 is 0 Å². The van der Waals surface area contributed by atoms with Crippen LogP contribution in [0.1, 0.15) is 38.1 Å². The summed E-state index contributed by atoms with van der Waals surface area (Å²) in [6, 6.07) is 7.31. The Hall–Kier alpha value is -2.28. The van der Waals surface area contributed by atoms with Gasteiger partial charge in [0.15, 0.2) is 0 Å². The molecule has 4 rings (SSSR count). The predicted octanol–water partition coefficient (Wildman–Crippen LogP) is 1.44. The quantitative estimate of drug-likeness (QED) is 0.833. The number of aromatic nitrogens is 3. The number of piperidine rings is 2.